The molecule has 0 N–H and O–H groups in total. The Hall–Kier alpha value is -0.430. The number of hydrogen-bond acceptors (Lipinski definition) is 1. The summed E-state index contributed by atoms with van der Waals surface area (Å²) in [5, 5.41) is 0. The van der Waals surface area contributed by atoms with Gasteiger partial charge in [-0.1, -0.05) is 13.0 Å². The van der Waals surface area contributed by atoms with Crippen LogP contribution in [0, 0.1) is 20.8 Å². The fourth-order valence-corrected chi connectivity index (χ4v) is 2.08. The van der Waals surface area contributed by atoms with E-state index >= 15 is 0 Å². The van der Waals surface area contributed by atoms with Crippen LogP contribution in [0.15, 0.2) is 11.0 Å². The van der Waals surface area contributed by atoms with E-state index in [0.717, 1.165) is 6.42 Å². The van der Waals surface area contributed by atoms with Gasteiger partial charge in [-0.15, -0.1) is 12.6 Å². The van der Waals surface area contributed by atoms with E-state index in [4.69, 9.17) is 0 Å². The van der Waals surface area contributed by atoms with Crippen LogP contribution in [0.1, 0.15) is 29.2 Å². The van der Waals surface area contributed by atoms with E-state index in [1.807, 2.05) is 0 Å². The number of aryl methyl sites for hydroxylation is 2. The Balaban J connectivity index is 3.40. The minimum atomic E-state index is 1.08. The zero-order valence-electron chi connectivity index (χ0n) is 8.23. The summed E-state index contributed by atoms with van der Waals surface area (Å²) in [4.78, 5) is 1.18. The SMILES string of the molecule is CCc1c(C)cc(C)c(C)c1S. The molecule has 1 aromatic carbocycles. The fraction of sp³-hybridized carbons (Fsp3) is 0.455. The molecule has 0 fully saturated rings. The molecule has 0 atom stereocenters. The summed E-state index contributed by atoms with van der Waals surface area (Å²) < 4.78 is 0. The second-order valence-electron chi connectivity index (χ2n) is 3.32. The summed E-state index contributed by atoms with van der Waals surface area (Å²) in [6.45, 7) is 8.61. The lowest BCUT2D eigenvalue weighted by molar-refractivity contribution is 1.02. The van der Waals surface area contributed by atoms with Gasteiger partial charge in [-0.25, -0.2) is 0 Å². The maximum absolute atomic E-state index is 4.53. The monoisotopic (exact) mass is 180 g/mol. The fourth-order valence-electron chi connectivity index (χ4n) is 1.57. The number of benzene rings is 1. The standard InChI is InChI=1S/C11H16S/c1-5-10-8(3)6-7(2)9(4)11(10)12/h6,12H,5H2,1-4H3. The molecule has 0 bridgehead atoms. The average Bonchev–Trinajstić information content (AvgIpc) is 2.01. The smallest absolute Gasteiger partial charge is 0.0106 e. The predicted molar refractivity (Wildman–Crippen MR) is 57.3 cm³/mol. The van der Waals surface area contributed by atoms with Gasteiger partial charge in [-0.2, -0.15) is 0 Å². The molecule has 0 nitrogen and oxygen atoms in total. The third kappa shape index (κ3) is 1.51. The van der Waals surface area contributed by atoms with Gasteiger partial charge in [0.15, 0.2) is 0 Å². The molecule has 0 aliphatic carbocycles. The molecule has 12 heavy (non-hydrogen) atoms. The maximum atomic E-state index is 4.53. The minimum Gasteiger partial charge on any atom is -0.143 e. The first-order valence-electron chi connectivity index (χ1n) is 4.36. The number of hydrogen-bond donors (Lipinski definition) is 1. The quantitative estimate of drug-likeness (QED) is 0.629. The van der Waals surface area contributed by atoms with E-state index in [1.54, 1.807) is 0 Å². The summed E-state index contributed by atoms with van der Waals surface area (Å²) >= 11 is 4.53. The van der Waals surface area contributed by atoms with Crippen LogP contribution < -0.4 is 0 Å². The lowest BCUT2D eigenvalue weighted by Crippen LogP contribution is -1.94. The molecule has 0 unspecified atom stereocenters. The molecule has 0 heterocycles. The average molecular weight is 180 g/mol. The van der Waals surface area contributed by atoms with Crippen LogP contribution in [-0.2, 0) is 6.42 Å². The zero-order valence-corrected chi connectivity index (χ0v) is 9.13. The van der Waals surface area contributed by atoms with Crippen molar-refractivity contribution in [1.82, 2.24) is 0 Å². The Morgan fingerprint density at radius 2 is 1.75 bits per heavy atom. The van der Waals surface area contributed by atoms with Gasteiger partial charge in [0.1, 0.15) is 0 Å². The van der Waals surface area contributed by atoms with Gasteiger partial charge in [-0.05, 0) is 49.4 Å². The number of thiol groups is 1. The molecule has 1 heteroatoms. The normalized spacial score (nSPS) is 10.4. The molecule has 0 aliphatic heterocycles. The molecule has 1 aromatic rings. The molecule has 0 spiro atoms. The molecule has 0 saturated heterocycles. The molecule has 0 saturated carbocycles. The van der Waals surface area contributed by atoms with Crippen molar-refractivity contribution in [1.29, 1.82) is 0 Å². The summed E-state index contributed by atoms with van der Waals surface area (Å²) in [6, 6.07) is 2.24. The summed E-state index contributed by atoms with van der Waals surface area (Å²) in [5.74, 6) is 0. The molecular weight excluding hydrogens is 164 g/mol. The van der Waals surface area contributed by atoms with Crippen LogP contribution in [0.2, 0.25) is 0 Å². The molecule has 1 rings (SSSR count). The Bertz CT molecular complexity index is 300. The van der Waals surface area contributed by atoms with Gasteiger partial charge in [0.05, 0.1) is 0 Å². The van der Waals surface area contributed by atoms with Crippen molar-refractivity contribution in [2.75, 3.05) is 0 Å². The first-order valence-corrected chi connectivity index (χ1v) is 4.81. The highest BCUT2D eigenvalue weighted by atomic mass is 32.1. The topological polar surface area (TPSA) is 0 Å². The maximum Gasteiger partial charge on any atom is 0.0106 e. The van der Waals surface area contributed by atoms with E-state index in [0.29, 0.717) is 0 Å². The van der Waals surface area contributed by atoms with Crippen LogP contribution in [-0.4, -0.2) is 0 Å². The van der Waals surface area contributed by atoms with Crippen molar-refractivity contribution in [2.45, 2.75) is 39.0 Å². The third-order valence-electron chi connectivity index (χ3n) is 2.50. The molecule has 0 aromatic heterocycles. The molecule has 66 valence electrons. The van der Waals surface area contributed by atoms with Crippen molar-refractivity contribution in [3.05, 3.63) is 28.3 Å². The van der Waals surface area contributed by atoms with Crippen molar-refractivity contribution in [3.63, 3.8) is 0 Å². The predicted octanol–water partition coefficient (Wildman–Crippen LogP) is 3.46. The van der Waals surface area contributed by atoms with E-state index < -0.39 is 0 Å². The largest absolute Gasteiger partial charge is 0.143 e. The van der Waals surface area contributed by atoms with E-state index in [-0.39, 0.29) is 0 Å². The Morgan fingerprint density at radius 1 is 1.17 bits per heavy atom. The third-order valence-corrected chi connectivity index (χ3v) is 3.10. The lowest BCUT2D eigenvalue weighted by atomic mass is 9.99. The molecule has 0 radical (unpaired) electrons. The van der Waals surface area contributed by atoms with Crippen LogP contribution >= 0.6 is 12.6 Å². The van der Waals surface area contributed by atoms with Crippen LogP contribution in [0.4, 0.5) is 0 Å². The number of rotatable bonds is 1. The van der Waals surface area contributed by atoms with Gasteiger partial charge >= 0.3 is 0 Å². The highest BCUT2D eigenvalue weighted by molar-refractivity contribution is 7.80. The van der Waals surface area contributed by atoms with Crippen LogP contribution in [0.5, 0.6) is 0 Å². The van der Waals surface area contributed by atoms with Crippen molar-refractivity contribution < 1.29 is 0 Å². The Kier molecular flexibility index (Phi) is 2.84. The van der Waals surface area contributed by atoms with Crippen LogP contribution in [0.25, 0.3) is 0 Å². The van der Waals surface area contributed by atoms with Gasteiger partial charge in [0, 0.05) is 4.90 Å². The Morgan fingerprint density at radius 3 is 2.25 bits per heavy atom. The molecular formula is C11H16S. The van der Waals surface area contributed by atoms with Crippen molar-refractivity contribution >= 4 is 12.6 Å². The highest BCUT2D eigenvalue weighted by Crippen LogP contribution is 2.25. The van der Waals surface area contributed by atoms with Gasteiger partial charge in [0.2, 0.25) is 0 Å². The first kappa shape index (κ1) is 9.66. The van der Waals surface area contributed by atoms with Gasteiger partial charge < -0.3 is 0 Å². The van der Waals surface area contributed by atoms with E-state index in [2.05, 4.69) is 46.4 Å². The van der Waals surface area contributed by atoms with Gasteiger partial charge in [0.25, 0.3) is 0 Å². The van der Waals surface area contributed by atoms with Crippen LogP contribution in [0.3, 0.4) is 0 Å². The Labute approximate surface area is 80.4 Å². The highest BCUT2D eigenvalue weighted by Gasteiger charge is 2.05. The van der Waals surface area contributed by atoms with Crippen molar-refractivity contribution in [3.8, 4) is 0 Å². The van der Waals surface area contributed by atoms with Crippen molar-refractivity contribution in [2.24, 2.45) is 0 Å². The summed E-state index contributed by atoms with van der Waals surface area (Å²) in [6.07, 6.45) is 1.08. The minimum absolute atomic E-state index is 1.08. The van der Waals surface area contributed by atoms with E-state index in [9.17, 15) is 0 Å². The van der Waals surface area contributed by atoms with Gasteiger partial charge in [-0.3, -0.25) is 0 Å². The zero-order chi connectivity index (χ0) is 9.30. The second-order valence-corrected chi connectivity index (χ2v) is 3.76. The lowest BCUT2D eigenvalue weighted by Gasteiger charge is -2.12. The summed E-state index contributed by atoms with van der Waals surface area (Å²) in [5.41, 5.74) is 5.42. The second kappa shape index (κ2) is 3.53. The molecule has 0 amide bonds. The van der Waals surface area contributed by atoms with E-state index in [1.165, 1.54) is 27.1 Å². The molecule has 0 aliphatic rings. The summed E-state index contributed by atoms with van der Waals surface area (Å²) in [7, 11) is 0. The first-order chi connectivity index (χ1) is 5.57.